The Hall–Kier alpha value is -2.84. The molecule has 0 aliphatic carbocycles. The molecule has 1 fully saturated rings. The maximum absolute atomic E-state index is 12.3. The Morgan fingerprint density at radius 1 is 1.30 bits per heavy atom. The number of hydrogen-bond acceptors (Lipinski definition) is 6. The molecule has 0 spiro atoms. The zero-order valence-corrected chi connectivity index (χ0v) is 14.8. The summed E-state index contributed by atoms with van der Waals surface area (Å²) in [5, 5.41) is 20.4. The van der Waals surface area contributed by atoms with Gasteiger partial charge >= 0.3 is 0 Å². The van der Waals surface area contributed by atoms with Crippen molar-refractivity contribution in [1.29, 1.82) is 0 Å². The van der Waals surface area contributed by atoms with E-state index in [9.17, 15) is 14.7 Å². The highest BCUT2D eigenvalue weighted by Gasteiger charge is 2.44. The zero-order valence-electron chi connectivity index (χ0n) is 14.8. The Balaban J connectivity index is 1.63. The number of ether oxygens (including phenoxy) is 1. The van der Waals surface area contributed by atoms with Crippen LogP contribution in [0.5, 0.6) is 0 Å². The highest BCUT2D eigenvalue weighted by atomic mass is 16.5. The number of imide groups is 1. The van der Waals surface area contributed by atoms with E-state index in [-0.39, 0.29) is 24.5 Å². The van der Waals surface area contributed by atoms with Crippen molar-refractivity contribution >= 4 is 11.8 Å². The van der Waals surface area contributed by atoms with Crippen molar-refractivity contribution < 1.29 is 19.4 Å². The molecule has 4 rings (SSSR count). The van der Waals surface area contributed by atoms with Gasteiger partial charge < -0.3 is 9.84 Å². The quantitative estimate of drug-likeness (QED) is 0.775. The van der Waals surface area contributed by atoms with E-state index in [1.54, 1.807) is 23.9 Å². The molecule has 8 heteroatoms. The first-order chi connectivity index (χ1) is 13.1. The fraction of sp³-hybridized carbons (Fsp3) is 0.368. The third-order valence-corrected chi connectivity index (χ3v) is 5.12. The summed E-state index contributed by atoms with van der Waals surface area (Å²) in [5.41, 5.74) is 2.26. The van der Waals surface area contributed by atoms with Gasteiger partial charge in [-0.15, -0.1) is 5.10 Å². The summed E-state index contributed by atoms with van der Waals surface area (Å²) in [6.45, 7) is 1.46. The molecule has 2 N–H and O–H groups in total. The summed E-state index contributed by atoms with van der Waals surface area (Å²) < 4.78 is 7.72. The standard InChI is InChI=1S/C19H20N4O4/c1-11-7-13(19(26)21-18(11)25)16-8-14(17(10-24)27-16)23-15(9-20-22-23)12-5-3-2-4-6-12/h2-7,9,13-14,16-17,24H,8,10H2,1H3,(H,21,25,26)/t13?,14-,16+,17+/m0/s1. The molecule has 140 valence electrons. The van der Waals surface area contributed by atoms with E-state index < -0.39 is 18.1 Å². The van der Waals surface area contributed by atoms with Crippen LogP contribution in [0, 0.1) is 5.92 Å². The molecule has 0 bridgehead atoms. The number of hydrogen-bond donors (Lipinski definition) is 2. The van der Waals surface area contributed by atoms with Gasteiger partial charge in [0, 0.05) is 11.1 Å². The normalized spacial score (nSPS) is 28.1. The predicted molar refractivity (Wildman–Crippen MR) is 95.3 cm³/mol. The number of aliphatic hydroxyl groups is 1. The molecule has 0 radical (unpaired) electrons. The summed E-state index contributed by atoms with van der Waals surface area (Å²) in [6, 6.07) is 9.45. The number of rotatable bonds is 4. The van der Waals surface area contributed by atoms with Crippen LogP contribution in [0.1, 0.15) is 19.4 Å². The molecule has 1 aromatic carbocycles. The van der Waals surface area contributed by atoms with E-state index in [1.165, 1.54) is 0 Å². The minimum absolute atomic E-state index is 0.203. The zero-order chi connectivity index (χ0) is 19.0. The van der Waals surface area contributed by atoms with Gasteiger partial charge in [-0.25, -0.2) is 4.68 Å². The average Bonchev–Trinajstić information content (AvgIpc) is 3.31. The number of carbonyl (C=O) groups is 2. The summed E-state index contributed by atoms with van der Waals surface area (Å²) in [6.07, 6.45) is 2.82. The largest absolute Gasteiger partial charge is 0.394 e. The van der Waals surface area contributed by atoms with Crippen LogP contribution in [0.25, 0.3) is 11.3 Å². The second kappa shape index (κ2) is 7.05. The molecule has 8 nitrogen and oxygen atoms in total. The van der Waals surface area contributed by atoms with Gasteiger partial charge in [0.2, 0.25) is 5.91 Å². The second-order valence-corrected chi connectivity index (χ2v) is 6.82. The lowest BCUT2D eigenvalue weighted by Gasteiger charge is -2.23. The lowest BCUT2D eigenvalue weighted by molar-refractivity contribution is -0.134. The van der Waals surface area contributed by atoms with Crippen molar-refractivity contribution in [2.75, 3.05) is 6.61 Å². The lowest BCUT2D eigenvalue weighted by atomic mass is 9.92. The second-order valence-electron chi connectivity index (χ2n) is 6.82. The highest BCUT2D eigenvalue weighted by Crippen LogP contribution is 2.37. The van der Waals surface area contributed by atoms with Crippen molar-refractivity contribution in [3.05, 3.63) is 48.2 Å². The first-order valence-electron chi connectivity index (χ1n) is 8.84. The van der Waals surface area contributed by atoms with E-state index in [4.69, 9.17) is 4.74 Å². The third-order valence-electron chi connectivity index (χ3n) is 5.12. The van der Waals surface area contributed by atoms with Crippen LogP contribution in [-0.4, -0.2) is 50.7 Å². The van der Waals surface area contributed by atoms with Gasteiger partial charge in [0.05, 0.1) is 36.6 Å². The minimum Gasteiger partial charge on any atom is -0.394 e. The Morgan fingerprint density at radius 3 is 2.81 bits per heavy atom. The van der Waals surface area contributed by atoms with Crippen molar-refractivity contribution in [2.45, 2.75) is 31.6 Å². The van der Waals surface area contributed by atoms with Crippen LogP contribution in [-0.2, 0) is 14.3 Å². The van der Waals surface area contributed by atoms with Crippen LogP contribution in [0.3, 0.4) is 0 Å². The molecule has 2 amide bonds. The molecule has 2 aliphatic heterocycles. The van der Waals surface area contributed by atoms with E-state index >= 15 is 0 Å². The fourth-order valence-corrected chi connectivity index (χ4v) is 3.71. The molecule has 27 heavy (non-hydrogen) atoms. The number of amides is 2. The first-order valence-corrected chi connectivity index (χ1v) is 8.84. The smallest absolute Gasteiger partial charge is 0.253 e. The van der Waals surface area contributed by atoms with Gasteiger partial charge in [0.1, 0.15) is 6.10 Å². The first kappa shape index (κ1) is 17.6. The van der Waals surface area contributed by atoms with Crippen LogP contribution in [0.15, 0.2) is 48.2 Å². The fourth-order valence-electron chi connectivity index (χ4n) is 3.71. The maximum atomic E-state index is 12.3. The van der Waals surface area contributed by atoms with Crippen molar-refractivity contribution in [3.8, 4) is 11.3 Å². The Morgan fingerprint density at radius 2 is 2.07 bits per heavy atom. The Bertz CT molecular complexity index is 892. The Kier molecular flexibility index (Phi) is 4.59. The topological polar surface area (TPSA) is 106 Å². The molecule has 1 saturated heterocycles. The average molecular weight is 368 g/mol. The van der Waals surface area contributed by atoms with Gasteiger partial charge in [-0.3, -0.25) is 14.9 Å². The number of aromatic nitrogens is 3. The molecule has 1 aromatic heterocycles. The Labute approximate surface area is 155 Å². The summed E-state index contributed by atoms with van der Waals surface area (Å²) in [7, 11) is 0. The lowest BCUT2D eigenvalue weighted by Crippen LogP contribution is -2.44. The number of nitrogens with one attached hydrogen (secondary N) is 1. The molecular weight excluding hydrogens is 348 g/mol. The highest BCUT2D eigenvalue weighted by molar-refractivity contribution is 6.08. The van der Waals surface area contributed by atoms with Crippen molar-refractivity contribution in [2.24, 2.45) is 5.92 Å². The molecule has 2 aliphatic rings. The van der Waals surface area contributed by atoms with Crippen LogP contribution in [0.4, 0.5) is 0 Å². The molecule has 1 unspecified atom stereocenters. The van der Waals surface area contributed by atoms with E-state index in [1.807, 2.05) is 30.3 Å². The van der Waals surface area contributed by atoms with Gasteiger partial charge in [0.15, 0.2) is 0 Å². The monoisotopic (exact) mass is 368 g/mol. The number of aliphatic hydroxyl groups excluding tert-OH is 1. The third kappa shape index (κ3) is 3.17. The van der Waals surface area contributed by atoms with E-state index in [0.717, 1.165) is 11.3 Å². The van der Waals surface area contributed by atoms with Crippen molar-refractivity contribution in [1.82, 2.24) is 20.3 Å². The van der Waals surface area contributed by atoms with E-state index in [2.05, 4.69) is 15.6 Å². The SMILES string of the molecule is CC1=CC([C@H]2C[C@H](n3nncc3-c3ccccc3)[C@@H](CO)O2)C(=O)NC1=O. The van der Waals surface area contributed by atoms with Crippen LogP contribution in [0.2, 0.25) is 0 Å². The number of benzene rings is 1. The molecule has 2 aromatic rings. The summed E-state index contributed by atoms with van der Waals surface area (Å²) in [5.74, 6) is -1.34. The number of nitrogens with zero attached hydrogens (tertiary/aromatic N) is 3. The van der Waals surface area contributed by atoms with Crippen LogP contribution >= 0.6 is 0 Å². The minimum atomic E-state index is -0.578. The maximum Gasteiger partial charge on any atom is 0.253 e. The van der Waals surface area contributed by atoms with Crippen molar-refractivity contribution in [3.63, 3.8) is 0 Å². The van der Waals surface area contributed by atoms with Crippen LogP contribution < -0.4 is 5.32 Å². The van der Waals surface area contributed by atoms with E-state index in [0.29, 0.717) is 12.0 Å². The molecular formula is C19H20N4O4. The summed E-state index contributed by atoms with van der Waals surface area (Å²) >= 11 is 0. The molecule has 0 saturated carbocycles. The van der Waals surface area contributed by atoms with Gasteiger partial charge in [-0.1, -0.05) is 41.6 Å². The van der Waals surface area contributed by atoms with Gasteiger partial charge in [-0.2, -0.15) is 0 Å². The van der Waals surface area contributed by atoms with Gasteiger partial charge in [0.25, 0.3) is 5.91 Å². The number of carbonyl (C=O) groups excluding carboxylic acids is 2. The molecule has 4 atom stereocenters. The molecule has 3 heterocycles. The summed E-state index contributed by atoms with van der Waals surface area (Å²) in [4.78, 5) is 23.9. The predicted octanol–water partition coefficient (Wildman–Crippen LogP) is 0.855. The van der Waals surface area contributed by atoms with Gasteiger partial charge in [-0.05, 0) is 13.3 Å².